The Bertz CT molecular complexity index is 104. The van der Waals surface area contributed by atoms with E-state index in [1.54, 1.807) is 0 Å². The zero-order valence-electron chi connectivity index (χ0n) is 9.45. The third-order valence-electron chi connectivity index (χ3n) is 2.63. The molecule has 0 aromatic rings. The van der Waals surface area contributed by atoms with Gasteiger partial charge in [0, 0.05) is 18.6 Å². The Balaban J connectivity index is 0. The summed E-state index contributed by atoms with van der Waals surface area (Å²) in [6, 6.07) is 0. The molecule has 13 heavy (non-hydrogen) atoms. The van der Waals surface area contributed by atoms with Crippen LogP contribution in [0.25, 0.3) is 0 Å². The van der Waals surface area contributed by atoms with Crippen molar-refractivity contribution >= 4 is 0 Å². The van der Waals surface area contributed by atoms with Crippen LogP contribution in [0.3, 0.4) is 0 Å². The maximum absolute atomic E-state index is 9.33. The van der Waals surface area contributed by atoms with E-state index in [1.165, 1.54) is 12.8 Å². The average Bonchev–Trinajstić information content (AvgIpc) is 2.08. The molecular formula is C11H24OV. The van der Waals surface area contributed by atoms with Crippen molar-refractivity contribution in [3.05, 3.63) is 0 Å². The monoisotopic (exact) mass is 223 g/mol. The zero-order valence-corrected chi connectivity index (χ0v) is 10.9. The van der Waals surface area contributed by atoms with Gasteiger partial charge in [0.1, 0.15) is 0 Å². The molecule has 79 valence electrons. The molecule has 2 atom stereocenters. The van der Waals surface area contributed by atoms with E-state index in [0.29, 0.717) is 0 Å². The van der Waals surface area contributed by atoms with E-state index in [1.807, 2.05) is 13.8 Å². The predicted octanol–water partition coefficient (Wildman–Crippen LogP) is 3.22. The van der Waals surface area contributed by atoms with E-state index in [-0.39, 0.29) is 24.7 Å². The summed E-state index contributed by atoms with van der Waals surface area (Å²) >= 11 is 0. The molecule has 1 N–H and O–H groups in total. The Morgan fingerprint density at radius 1 is 1.15 bits per heavy atom. The summed E-state index contributed by atoms with van der Waals surface area (Å²) < 4.78 is 0. The van der Waals surface area contributed by atoms with Gasteiger partial charge in [0.2, 0.25) is 0 Å². The summed E-state index contributed by atoms with van der Waals surface area (Å²) in [7, 11) is 0. The molecule has 0 aromatic heterocycles. The normalized spacial score (nSPS) is 27.2. The van der Waals surface area contributed by atoms with Crippen LogP contribution in [0.4, 0.5) is 0 Å². The minimum atomic E-state index is 0. The van der Waals surface area contributed by atoms with Crippen LogP contribution in [-0.4, -0.2) is 11.2 Å². The molecule has 0 saturated heterocycles. The molecule has 1 nitrogen and oxygen atoms in total. The second-order valence-corrected chi connectivity index (χ2v) is 3.82. The molecule has 0 aliphatic heterocycles. The van der Waals surface area contributed by atoms with Crippen LogP contribution in [-0.2, 0) is 18.6 Å². The number of aliphatic hydroxyl groups is 1. The molecule has 1 fully saturated rings. The molecule has 0 heterocycles. The molecule has 0 aromatic carbocycles. The maximum atomic E-state index is 9.33. The van der Waals surface area contributed by atoms with Crippen LogP contribution in [0.1, 0.15) is 53.4 Å². The molecule has 1 radical (unpaired) electrons. The van der Waals surface area contributed by atoms with Crippen LogP contribution < -0.4 is 0 Å². The van der Waals surface area contributed by atoms with Gasteiger partial charge in [-0.3, -0.25) is 0 Å². The van der Waals surface area contributed by atoms with Crippen molar-refractivity contribution in [1.82, 2.24) is 0 Å². The van der Waals surface area contributed by atoms with Crippen molar-refractivity contribution in [3.8, 4) is 0 Å². The van der Waals surface area contributed by atoms with Crippen molar-refractivity contribution in [2.45, 2.75) is 59.5 Å². The van der Waals surface area contributed by atoms with Gasteiger partial charge in [-0.05, 0) is 24.7 Å². The third-order valence-corrected chi connectivity index (χ3v) is 2.63. The van der Waals surface area contributed by atoms with Crippen molar-refractivity contribution in [2.75, 3.05) is 0 Å². The Hall–Kier alpha value is 0.544. The standard InChI is InChI=1S/C9H18O.C2H6.V/c1-7(2)8-4-3-5-9(10)6-8;1-2;/h7-10H,3-6H2,1-2H3;1-2H3;. The second kappa shape index (κ2) is 9.11. The summed E-state index contributed by atoms with van der Waals surface area (Å²) in [5.74, 6) is 1.54. The van der Waals surface area contributed by atoms with Crippen LogP contribution >= 0.6 is 0 Å². The van der Waals surface area contributed by atoms with Gasteiger partial charge in [-0.1, -0.05) is 40.5 Å². The molecular weight excluding hydrogens is 199 g/mol. The largest absolute Gasteiger partial charge is 0.393 e. The molecule has 1 aliphatic rings. The summed E-state index contributed by atoms with van der Waals surface area (Å²) in [5.41, 5.74) is 0. The Kier molecular flexibility index (Phi) is 11.2. The van der Waals surface area contributed by atoms with Gasteiger partial charge in [-0.25, -0.2) is 0 Å². The minimum absolute atomic E-state index is 0. The van der Waals surface area contributed by atoms with Crippen molar-refractivity contribution in [2.24, 2.45) is 11.8 Å². The van der Waals surface area contributed by atoms with E-state index >= 15 is 0 Å². The first kappa shape index (κ1) is 16.0. The summed E-state index contributed by atoms with van der Waals surface area (Å²) in [5, 5.41) is 9.33. The first-order valence-corrected chi connectivity index (χ1v) is 5.38. The van der Waals surface area contributed by atoms with Gasteiger partial charge in [0.15, 0.2) is 0 Å². The van der Waals surface area contributed by atoms with Gasteiger partial charge in [-0.15, -0.1) is 0 Å². The van der Waals surface area contributed by atoms with Gasteiger partial charge >= 0.3 is 0 Å². The zero-order chi connectivity index (χ0) is 9.56. The summed E-state index contributed by atoms with van der Waals surface area (Å²) in [6.07, 6.45) is 4.63. The smallest absolute Gasteiger partial charge is 0.0543 e. The van der Waals surface area contributed by atoms with E-state index in [4.69, 9.17) is 0 Å². The summed E-state index contributed by atoms with van der Waals surface area (Å²) in [6.45, 7) is 8.51. The van der Waals surface area contributed by atoms with Crippen LogP contribution in [0.2, 0.25) is 0 Å². The fourth-order valence-electron chi connectivity index (χ4n) is 1.81. The van der Waals surface area contributed by atoms with Gasteiger partial charge < -0.3 is 5.11 Å². The number of rotatable bonds is 1. The SMILES string of the molecule is CC.CC(C)C1CCCC(O)C1.[V]. The van der Waals surface area contributed by atoms with Crippen LogP contribution in [0, 0.1) is 11.8 Å². The van der Waals surface area contributed by atoms with E-state index < -0.39 is 0 Å². The molecule has 1 rings (SSSR count). The fourth-order valence-corrected chi connectivity index (χ4v) is 1.81. The van der Waals surface area contributed by atoms with Crippen molar-refractivity contribution < 1.29 is 23.7 Å². The molecule has 1 aliphatic carbocycles. The van der Waals surface area contributed by atoms with E-state index in [0.717, 1.165) is 24.7 Å². The Morgan fingerprint density at radius 2 is 1.69 bits per heavy atom. The maximum Gasteiger partial charge on any atom is 0.0543 e. The fraction of sp³-hybridized carbons (Fsp3) is 1.00. The van der Waals surface area contributed by atoms with Crippen LogP contribution in [0.15, 0.2) is 0 Å². The van der Waals surface area contributed by atoms with Crippen molar-refractivity contribution in [3.63, 3.8) is 0 Å². The molecule has 1 saturated carbocycles. The van der Waals surface area contributed by atoms with E-state index in [9.17, 15) is 5.11 Å². The minimum Gasteiger partial charge on any atom is -0.393 e. The van der Waals surface area contributed by atoms with Crippen LogP contribution in [0.5, 0.6) is 0 Å². The first-order chi connectivity index (χ1) is 5.70. The van der Waals surface area contributed by atoms with Crippen molar-refractivity contribution in [1.29, 1.82) is 0 Å². The van der Waals surface area contributed by atoms with Gasteiger partial charge in [-0.2, -0.15) is 0 Å². The van der Waals surface area contributed by atoms with E-state index in [2.05, 4.69) is 13.8 Å². The number of hydrogen-bond acceptors (Lipinski definition) is 1. The topological polar surface area (TPSA) is 20.2 Å². The Morgan fingerprint density at radius 3 is 2.00 bits per heavy atom. The quantitative estimate of drug-likeness (QED) is 0.723. The molecule has 0 amide bonds. The van der Waals surface area contributed by atoms with Gasteiger partial charge in [0.25, 0.3) is 0 Å². The predicted molar refractivity (Wildman–Crippen MR) is 54.2 cm³/mol. The third kappa shape index (κ3) is 6.59. The van der Waals surface area contributed by atoms with Gasteiger partial charge in [0.05, 0.1) is 6.10 Å². The number of aliphatic hydroxyl groups excluding tert-OH is 1. The first-order valence-electron chi connectivity index (χ1n) is 5.38. The summed E-state index contributed by atoms with van der Waals surface area (Å²) in [4.78, 5) is 0. The Labute approximate surface area is 95.2 Å². The molecule has 0 bridgehead atoms. The average molecular weight is 223 g/mol. The molecule has 0 spiro atoms. The second-order valence-electron chi connectivity index (χ2n) is 3.82. The molecule has 2 unspecified atom stereocenters. The molecule has 2 heteroatoms. The number of hydrogen-bond donors (Lipinski definition) is 1.